The number of hydrogen-bond acceptors (Lipinski definition) is 5. The molecule has 0 unspecified atom stereocenters. The number of halogens is 2. The van der Waals surface area contributed by atoms with Crippen molar-refractivity contribution in [3.63, 3.8) is 0 Å². The molecule has 7 heteroatoms. The molecule has 72 valence electrons. The Balaban J connectivity index is 2.75. The lowest BCUT2D eigenvalue weighted by molar-refractivity contribution is 0.992. The molecule has 0 fully saturated rings. The van der Waals surface area contributed by atoms with Crippen LogP contribution in [-0.4, -0.2) is 26.2 Å². The molecule has 0 radical (unpaired) electrons. The van der Waals surface area contributed by atoms with Gasteiger partial charge in [-0.25, -0.2) is 19.9 Å². The van der Waals surface area contributed by atoms with Crippen molar-refractivity contribution in [2.75, 3.05) is 6.26 Å². The summed E-state index contributed by atoms with van der Waals surface area (Å²) in [7, 11) is 0. The Labute approximate surface area is 94.1 Å². The molecule has 2 heterocycles. The van der Waals surface area contributed by atoms with Crippen LogP contribution in [0.15, 0.2) is 11.4 Å². The molecule has 14 heavy (non-hydrogen) atoms. The highest BCUT2D eigenvalue weighted by molar-refractivity contribution is 7.98. The van der Waals surface area contributed by atoms with Gasteiger partial charge in [-0.3, -0.25) is 0 Å². The molecular weight excluding hydrogens is 243 g/mol. The van der Waals surface area contributed by atoms with Gasteiger partial charge in [0.1, 0.15) is 11.0 Å². The number of rotatable bonds is 1. The highest BCUT2D eigenvalue weighted by Crippen LogP contribution is 2.21. The molecule has 0 N–H and O–H groups in total. The standard InChI is InChI=1S/C7H4Cl2N4S/c1-14-7-10-2-3-4(12-7)5(8)13-6(9)11-3/h2H,1H3. The SMILES string of the molecule is CSc1ncc2nc(Cl)nc(Cl)c2n1. The summed E-state index contributed by atoms with van der Waals surface area (Å²) in [6.07, 6.45) is 3.46. The molecule has 2 rings (SSSR count). The first-order chi connectivity index (χ1) is 6.70. The first-order valence-corrected chi connectivity index (χ1v) is 5.58. The maximum absolute atomic E-state index is 5.86. The minimum atomic E-state index is 0.100. The second-order valence-electron chi connectivity index (χ2n) is 2.37. The van der Waals surface area contributed by atoms with E-state index in [0.717, 1.165) is 0 Å². The number of fused-ring (bicyclic) bond motifs is 1. The third-order valence-electron chi connectivity index (χ3n) is 1.53. The van der Waals surface area contributed by atoms with E-state index in [9.17, 15) is 0 Å². The van der Waals surface area contributed by atoms with E-state index in [1.807, 2.05) is 6.26 Å². The van der Waals surface area contributed by atoms with E-state index in [-0.39, 0.29) is 10.4 Å². The summed E-state index contributed by atoms with van der Waals surface area (Å²) in [4.78, 5) is 16.0. The van der Waals surface area contributed by atoms with Crippen LogP contribution in [0.5, 0.6) is 0 Å². The summed E-state index contributed by atoms with van der Waals surface area (Å²) in [6.45, 7) is 0. The Kier molecular flexibility index (Phi) is 2.71. The molecule has 0 aliphatic rings. The topological polar surface area (TPSA) is 51.6 Å². The fraction of sp³-hybridized carbons (Fsp3) is 0.143. The van der Waals surface area contributed by atoms with E-state index in [4.69, 9.17) is 23.2 Å². The van der Waals surface area contributed by atoms with Crippen LogP contribution in [0.1, 0.15) is 0 Å². The van der Waals surface area contributed by atoms with E-state index < -0.39 is 0 Å². The smallest absolute Gasteiger partial charge is 0.224 e. The highest BCUT2D eigenvalue weighted by atomic mass is 35.5. The van der Waals surface area contributed by atoms with E-state index in [1.165, 1.54) is 11.8 Å². The van der Waals surface area contributed by atoms with Gasteiger partial charge in [0, 0.05) is 0 Å². The van der Waals surface area contributed by atoms with Gasteiger partial charge in [0.25, 0.3) is 0 Å². The van der Waals surface area contributed by atoms with Gasteiger partial charge in [0.15, 0.2) is 10.3 Å². The first kappa shape index (κ1) is 9.89. The summed E-state index contributed by atoms with van der Waals surface area (Å²) >= 11 is 12.9. The Hall–Kier alpha value is -0.650. The summed E-state index contributed by atoms with van der Waals surface area (Å²) in [6, 6.07) is 0. The lowest BCUT2D eigenvalue weighted by Crippen LogP contribution is -1.93. The third-order valence-corrected chi connectivity index (χ3v) is 2.52. The Bertz CT molecular complexity index is 490. The minimum Gasteiger partial charge on any atom is -0.229 e. The third kappa shape index (κ3) is 1.75. The summed E-state index contributed by atoms with van der Waals surface area (Å²) in [5, 5.41) is 0.978. The average molecular weight is 247 g/mol. The van der Waals surface area contributed by atoms with Gasteiger partial charge < -0.3 is 0 Å². The fourth-order valence-corrected chi connectivity index (χ4v) is 1.73. The van der Waals surface area contributed by atoms with Crippen LogP contribution in [0, 0.1) is 0 Å². The number of nitrogens with zero attached hydrogens (tertiary/aromatic N) is 4. The highest BCUT2D eigenvalue weighted by Gasteiger charge is 2.07. The van der Waals surface area contributed by atoms with Gasteiger partial charge in [-0.05, 0) is 17.9 Å². The number of hydrogen-bond donors (Lipinski definition) is 0. The summed E-state index contributed by atoms with van der Waals surface area (Å²) in [5.74, 6) is 0. The average Bonchev–Trinajstić information content (AvgIpc) is 2.17. The predicted octanol–water partition coefficient (Wildman–Crippen LogP) is 2.45. The van der Waals surface area contributed by atoms with Crippen LogP contribution < -0.4 is 0 Å². The van der Waals surface area contributed by atoms with Crippen molar-refractivity contribution in [3.05, 3.63) is 16.6 Å². The van der Waals surface area contributed by atoms with Crippen molar-refractivity contribution in [2.24, 2.45) is 0 Å². The van der Waals surface area contributed by atoms with Crippen LogP contribution in [0.4, 0.5) is 0 Å². The molecule has 0 aliphatic carbocycles. The largest absolute Gasteiger partial charge is 0.229 e. The van der Waals surface area contributed by atoms with E-state index in [1.54, 1.807) is 6.20 Å². The maximum atomic E-state index is 5.86. The van der Waals surface area contributed by atoms with Crippen LogP contribution in [0.3, 0.4) is 0 Å². The summed E-state index contributed by atoms with van der Waals surface area (Å²) in [5.41, 5.74) is 1.07. The van der Waals surface area contributed by atoms with Crippen molar-refractivity contribution < 1.29 is 0 Å². The van der Waals surface area contributed by atoms with Gasteiger partial charge in [0.05, 0.1) is 6.20 Å². The van der Waals surface area contributed by atoms with E-state index >= 15 is 0 Å². The molecule has 0 saturated carbocycles. The molecule has 4 nitrogen and oxygen atoms in total. The van der Waals surface area contributed by atoms with Crippen LogP contribution in [0.2, 0.25) is 10.4 Å². The quantitative estimate of drug-likeness (QED) is 0.440. The van der Waals surface area contributed by atoms with Crippen LogP contribution in [0.25, 0.3) is 11.0 Å². The first-order valence-electron chi connectivity index (χ1n) is 3.60. The molecule has 0 aliphatic heterocycles. The molecule has 0 aromatic carbocycles. The van der Waals surface area contributed by atoms with Gasteiger partial charge in [-0.2, -0.15) is 0 Å². The van der Waals surface area contributed by atoms with Gasteiger partial charge in [-0.15, -0.1) is 0 Å². The fourth-order valence-electron chi connectivity index (χ4n) is 0.950. The molecule has 0 atom stereocenters. The van der Waals surface area contributed by atoms with Crippen LogP contribution in [-0.2, 0) is 0 Å². The molecule has 0 amide bonds. The Morgan fingerprint density at radius 2 is 2.00 bits per heavy atom. The second-order valence-corrected chi connectivity index (χ2v) is 3.84. The Morgan fingerprint density at radius 1 is 1.21 bits per heavy atom. The summed E-state index contributed by atoms with van der Waals surface area (Å²) < 4.78 is 0. The number of thioether (sulfide) groups is 1. The molecule has 0 spiro atoms. The zero-order valence-electron chi connectivity index (χ0n) is 7.03. The second kappa shape index (κ2) is 3.84. The molecule has 0 bridgehead atoms. The zero-order chi connectivity index (χ0) is 10.1. The van der Waals surface area contributed by atoms with Crippen molar-refractivity contribution in [1.82, 2.24) is 19.9 Å². The number of aromatic nitrogens is 4. The maximum Gasteiger partial charge on any atom is 0.224 e. The molecule has 0 saturated heterocycles. The molecule has 2 aromatic heterocycles. The van der Waals surface area contributed by atoms with Gasteiger partial charge >= 0.3 is 0 Å². The molecular formula is C7H4Cl2N4S. The normalized spacial score (nSPS) is 10.8. The van der Waals surface area contributed by atoms with Crippen molar-refractivity contribution >= 4 is 46.0 Å². The van der Waals surface area contributed by atoms with Gasteiger partial charge in [-0.1, -0.05) is 23.4 Å². The molecule has 2 aromatic rings. The zero-order valence-corrected chi connectivity index (χ0v) is 9.36. The lowest BCUT2D eigenvalue weighted by atomic mass is 10.4. The van der Waals surface area contributed by atoms with Crippen molar-refractivity contribution in [1.29, 1.82) is 0 Å². The monoisotopic (exact) mass is 246 g/mol. The van der Waals surface area contributed by atoms with Crippen molar-refractivity contribution in [2.45, 2.75) is 5.16 Å². The van der Waals surface area contributed by atoms with Gasteiger partial charge in [0.2, 0.25) is 5.28 Å². The predicted molar refractivity (Wildman–Crippen MR) is 56.9 cm³/mol. The minimum absolute atomic E-state index is 0.100. The van der Waals surface area contributed by atoms with Crippen molar-refractivity contribution in [3.8, 4) is 0 Å². The van der Waals surface area contributed by atoms with E-state index in [2.05, 4.69) is 19.9 Å². The van der Waals surface area contributed by atoms with E-state index in [0.29, 0.717) is 16.2 Å². The Morgan fingerprint density at radius 3 is 2.71 bits per heavy atom. The lowest BCUT2D eigenvalue weighted by Gasteiger charge is -2.00. The van der Waals surface area contributed by atoms with Crippen LogP contribution >= 0.6 is 35.0 Å².